The van der Waals surface area contributed by atoms with Gasteiger partial charge >= 0.3 is 5.97 Å². The lowest BCUT2D eigenvalue weighted by atomic mass is 10.2. The van der Waals surface area contributed by atoms with E-state index < -0.39 is 5.97 Å². The van der Waals surface area contributed by atoms with Gasteiger partial charge in [0.2, 0.25) is 4.96 Å². The average Bonchev–Trinajstić information content (AvgIpc) is 3.05. The Hall–Kier alpha value is -2.26. The number of carbonyl (C=O) groups excluding carboxylic acids is 1. The number of carbonyl (C=O) groups is 1. The first-order chi connectivity index (χ1) is 11.0. The van der Waals surface area contributed by atoms with Crippen LogP contribution in [-0.2, 0) is 4.79 Å². The first-order valence-electron chi connectivity index (χ1n) is 6.40. The number of ether oxygens (including phenoxy) is 2. The third kappa shape index (κ3) is 2.97. The van der Waals surface area contributed by atoms with Crippen LogP contribution in [-0.4, -0.2) is 27.7 Å². The number of halogens is 1. The topological polar surface area (TPSA) is 82.8 Å². The highest BCUT2D eigenvalue weighted by atomic mass is 79.9. The molecule has 0 aliphatic rings. The number of aromatic nitrogens is 3. The van der Waals surface area contributed by atoms with Gasteiger partial charge in [0.25, 0.3) is 5.56 Å². The fourth-order valence-corrected chi connectivity index (χ4v) is 3.42. The largest absolute Gasteiger partial charge is 0.493 e. The van der Waals surface area contributed by atoms with Crippen molar-refractivity contribution >= 4 is 44.3 Å². The SMILES string of the molecule is COc1cc(/C=c2\sc3ncnn3c2=O)cc(Br)c1OC(C)=O. The van der Waals surface area contributed by atoms with Crippen molar-refractivity contribution < 1.29 is 14.3 Å². The van der Waals surface area contributed by atoms with Crippen LogP contribution in [0.5, 0.6) is 11.5 Å². The van der Waals surface area contributed by atoms with Gasteiger partial charge in [0.1, 0.15) is 6.33 Å². The van der Waals surface area contributed by atoms with E-state index in [9.17, 15) is 9.59 Å². The Bertz CT molecular complexity index is 1010. The molecule has 0 fully saturated rings. The van der Waals surface area contributed by atoms with E-state index in [1.54, 1.807) is 18.2 Å². The van der Waals surface area contributed by atoms with Crippen LogP contribution in [0.3, 0.4) is 0 Å². The molecule has 0 N–H and O–H groups in total. The number of nitrogens with zero attached hydrogens (tertiary/aromatic N) is 3. The smallest absolute Gasteiger partial charge is 0.308 e. The third-order valence-corrected chi connectivity index (χ3v) is 4.48. The second-order valence-corrected chi connectivity index (χ2v) is 6.36. The summed E-state index contributed by atoms with van der Waals surface area (Å²) in [6, 6.07) is 3.41. The Labute approximate surface area is 142 Å². The quantitative estimate of drug-likeness (QED) is 0.492. The van der Waals surface area contributed by atoms with Crippen LogP contribution in [0.4, 0.5) is 0 Å². The maximum Gasteiger partial charge on any atom is 0.308 e. The maximum absolute atomic E-state index is 12.2. The van der Waals surface area contributed by atoms with Gasteiger partial charge < -0.3 is 9.47 Å². The van der Waals surface area contributed by atoms with Gasteiger partial charge in [0.15, 0.2) is 11.5 Å². The van der Waals surface area contributed by atoms with Gasteiger partial charge in [-0.05, 0) is 39.7 Å². The predicted octanol–water partition coefficient (Wildman–Crippen LogP) is 1.40. The summed E-state index contributed by atoms with van der Waals surface area (Å²) in [5, 5.41) is 3.87. The highest BCUT2D eigenvalue weighted by Crippen LogP contribution is 2.36. The molecule has 7 nitrogen and oxygen atoms in total. The van der Waals surface area contributed by atoms with Crippen molar-refractivity contribution in [2.24, 2.45) is 0 Å². The molecule has 9 heteroatoms. The molecule has 0 radical (unpaired) electrons. The van der Waals surface area contributed by atoms with Gasteiger partial charge in [-0.3, -0.25) is 9.59 Å². The lowest BCUT2D eigenvalue weighted by Crippen LogP contribution is -2.23. The van der Waals surface area contributed by atoms with E-state index in [0.29, 0.717) is 31.0 Å². The Morgan fingerprint density at radius 2 is 2.22 bits per heavy atom. The van der Waals surface area contributed by atoms with Crippen LogP contribution in [0.2, 0.25) is 0 Å². The van der Waals surface area contributed by atoms with Crippen molar-refractivity contribution in [3.8, 4) is 11.5 Å². The molecule has 118 valence electrons. The van der Waals surface area contributed by atoms with Gasteiger partial charge in [-0.1, -0.05) is 11.3 Å². The van der Waals surface area contributed by atoms with Crippen LogP contribution in [0.25, 0.3) is 11.0 Å². The highest BCUT2D eigenvalue weighted by molar-refractivity contribution is 9.10. The zero-order chi connectivity index (χ0) is 16.6. The first-order valence-corrected chi connectivity index (χ1v) is 8.00. The molecule has 0 bridgehead atoms. The van der Waals surface area contributed by atoms with E-state index in [0.717, 1.165) is 0 Å². The zero-order valence-corrected chi connectivity index (χ0v) is 14.5. The minimum Gasteiger partial charge on any atom is -0.493 e. The van der Waals surface area contributed by atoms with Gasteiger partial charge in [-0.15, -0.1) is 0 Å². The number of rotatable bonds is 3. The Morgan fingerprint density at radius 1 is 1.43 bits per heavy atom. The van der Waals surface area contributed by atoms with E-state index >= 15 is 0 Å². The second-order valence-electron chi connectivity index (χ2n) is 4.50. The molecule has 0 amide bonds. The molecule has 3 aromatic rings. The summed E-state index contributed by atoms with van der Waals surface area (Å²) in [6.07, 6.45) is 3.04. The van der Waals surface area contributed by atoms with E-state index in [-0.39, 0.29) is 5.56 Å². The average molecular weight is 396 g/mol. The minimum absolute atomic E-state index is 0.235. The van der Waals surface area contributed by atoms with E-state index in [1.165, 1.54) is 36.2 Å². The summed E-state index contributed by atoms with van der Waals surface area (Å²) in [6.45, 7) is 1.31. The van der Waals surface area contributed by atoms with E-state index in [4.69, 9.17) is 9.47 Å². The van der Waals surface area contributed by atoms with Crippen LogP contribution in [0, 0.1) is 0 Å². The number of fused-ring (bicyclic) bond motifs is 1. The molecule has 0 aliphatic heterocycles. The molecule has 0 saturated carbocycles. The summed E-state index contributed by atoms with van der Waals surface area (Å²) < 4.78 is 12.7. The number of benzene rings is 1. The van der Waals surface area contributed by atoms with E-state index in [1.807, 2.05) is 0 Å². The summed E-state index contributed by atoms with van der Waals surface area (Å²) in [4.78, 5) is 27.9. The molecule has 0 saturated heterocycles. The van der Waals surface area contributed by atoms with Crippen molar-refractivity contribution in [1.82, 2.24) is 14.6 Å². The fourth-order valence-electron chi connectivity index (χ4n) is 1.99. The monoisotopic (exact) mass is 395 g/mol. The van der Waals surface area contributed by atoms with Crippen molar-refractivity contribution in [2.75, 3.05) is 7.11 Å². The van der Waals surface area contributed by atoms with Gasteiger partial charge in [-0.25, -0.2) is 4.98 Å². The molecule has 1 aromatic carbocycles. The van der Waals surface area contributed by atoms with Crippen LogP contribution >= 0.6 is 27.3 Å². The first kappa shape index (κ1) is 15.6. The molecule has 23 heavy (non-hydrogen) atoms. The standard InChI is InChI=1S/C14H10BrN3O4S/c1-7(19)22-12-9(15)3-8(4-10(12)21-2)5-11-13(20)18-14(23-11)16-6-17-18/h3-6H,1-2H3/b11-5-. The predicted molar refractivity (Wildman–Crippen MR) is 87.9 cm³/mol. The molecule has 2 heterocycles. The maximum atomic E-state index is 12.2. The van der Waals surface area contributed by atoms with Gasteiger partial charge in [0.05, 0.1) is 16.1 Å². The number of hydrogen-bond acceptors (Lipinski definition) is 7. The lowest BCUT2D eigenvalue weighted by molar-refractivity contribution is -0.132. The molecule has 0 unspecified atom stereocenters. The summed E-state index contributed by atoms with van der Waals surface area (Å²) in [5.74, 6) is 0.225. The van der Waals surface area contributed by atoms with Crippen molar-refractivity contribution in [3.63, 3.8) is 0 Å². The number of methoxy groups -OCH3 is 1. The fraction of sp³-hybridized carbons (Fsp3) is 0.143. The van der Waals surface area contributed by atoms with Crippen LogP contribution in [0.1, 0.15) is 12.5 Å². The Morgan fingerprint density at radius 3 is 2.87 bits per heavy atom. The third-order valence-electron chi connectivity index (χ3n) is 2.92. The number of thiazole rings is 1. The molecular formula is C14H10BrN3O4S. The number of hydrogen-bond donors (Lipinski definition) is 0. The van der Waals surface area contributed by atoms with Crippen LogP contribution in [0.15, 0.2) is 27.7 Å². The van der Waals surface area contributed by atoms with Crippen molar-refractivity contribution in [1.29, 1.82) is 0 Å². The molecule has 3 rings (SSSR count). The lowest BCUT2D eigenvalue weighted by Gasteiger charge is -2.10. The van der Waals surface area contributed by atoms with Crippen molar-refractivity contribution in [2.45, 2.75) is 6.92 Å². The van der Waals surface area contributed by atoms with Crippen molar-refractivity contribution in [3.05, 3.63) is 43.4 Å². The van der Waals surface area contributed by atoms with Crippen LogP contribution < -0.4 is 19.6 Å². The molecule has 0 spiro atoms. The molecule has 0 atom stereocenters. The Balaban J connectivity index is 2.13. The van der Waals surface area contributed by atoms with Gasteiger partial charge in [-0.2, -0.15) is 9.61 Å². The Kier molecular flexibility index (Phi) is 4.14. The molecular weight excluding hydrogens is 386 g/mol. The summed E-state index contributed by atoms with van der Waals surface area (Å²) >= 11 is 4.58. The summed E-state index contributed by atoms with van der Waals surface area (Å²) in [5.41, 5.74) is 0.480. The molecule has 2 aromatic heterocycles. The number of esters is 1. The highest BCUT2D eigenvalue weighted by Gasteiger charge is 2.13. The van der Waals surface area contributed by atoms with Gasteiger partial charge in [0, 0.05) is 6.92 Å². The molecule has 0 aliphatic carbocycles. The van der Waals surface area contributed by atoms with E-state index in [2.05, 4.69) is 26.0 Å². The normalized spacial score (nSPS) is 11.9. The zero-order valence-electron chi connectivity index (χ0n) is 12.1. The second kappa shape index (κ2) is 6.09. The minimum atomic E-state index is -0.451. The summed E-state index contributed by atoms with van der Waals surface area (Å²) in [7, 11) is 1.47.